The molecule has 0 aliphatic heterocycles. The summed E-state index contributed by atoms with van der Waals surface area (Å²) in [7, 11) is 0. The summed E-state index contributed by atoms with van der Waals surface area (Å²) in [6, 6.07) is 8.19. The number of rotatable bonds is 3. The monoisotopic (exact) mass is 247 g/mol. The molecule has 0 radical (unpaired) electrons. The SMILES string of the molecule is Cc1ccc(/C=C/CNC(=O)OC(C)(C)C)cc1. The predicted molar refractivity (Wildman–Crippen MR) is 74.4 cm³/mol. The summed E-state index contributed by atoms with van der Waals surface area (Å²) in [5.74, 6) is 0. The van der Waals surface area contributed by atoms with Crippen LogP contribution in [-0.4, -0.2) is 18.2 Å². The van der Waals surface area contributed by atoms with E-state index in [2.05, 4.69) is 24.4 Å². The average Bonchev–Trinajstić information content (AvgIpc) is 2.24. The molecule has 3 nitrogen and oxygen atoms in total. The normalized spacial score (nSPS) is 11.6. The van der Waals surface area contributed by atoms with Gasteiger partial charge >= 0.3 is 6.09 Å². The number of alkyl carbamates (subject to hydrolysis) is 1. The third-order valence-corrected chi connectivity index (χ3v) is 2.15. The molecule has 0 spiro atoms. The smallest absolute Gasteiger partial charge is 0.407 e. The molecular weight excluding hydrogens is 226 g/mol. The van der Waals surface area contributed by atoms with Gasteiger partial charge in [-0.3, -0.25) is 0 Å². The predicted octanol–water partition coefficient (Wildman–Crippen LogP) is 3.53. The molecular formula is C15H21NO2. The maximum Gasteiger partial charge on any atom is 0.407 e. The van der Waals surface area contributed by atoms with E-state index in [9.17, 15) is 4.79 Å². The summed E-state index contributed by atoms with van der Waals surface area (Å²) in [5.41, 5.74) is 1.90. The molecule has 0 fully saturated rings. The Morgan fingerprint density at radius 1 is 1.28 bits per heavy atom. The van der Waals surface area contributed by atoms with E-state index in [-0.39, 0.29) is 0 Å². The highest BCUT2D eigenvalue weighted by atomic mass is 16.6. The zero-order valence-electron chi connectivity index (χ0n) is 11.5. The molecule has 1 aromatic carbocycles. The van der Waals surface area contributed by atoms with Gasteiger partial charge in [-0.1, -0.05) is 42.0 Å². The van der Waals surface area contributed by atoms with Crippen LogP contribution in [0.4, 0.5) is 4.79 Å². The summed E-state index contributed by atoms with van der Waals surface area (Å²) >= 11 is 0. The molecule has 3 heteroatoms. The number of ether oxygens (including phenoxy) is 1. The van der Waals surface area contributed by atoms with Gasteiger partial charge in [0.1, 0.15) is 5.60 Å². The highest BCUT2D eigenvalue weighted by Crippen LogP contribution is 2.06. The Hall–Kier alpha value is -1.77. The Morgan fingerprint density at radius 2 is 1.89 bits per heavy atom. The molecule has 0 saturated carbocycles. The molecule has 0 bridgehead atoms. The third-order valence-electron chi connectivity index (χ3n) is 2.15. The van der Waals surface area contributed by atoms with Gasteiger partial charge in [-0.15, -0.1) is 0 Å². The van der Waals surface area contributed by atoms with Crippen molar-refractivity contribution >= 4 is 12.2 Å². The van der Waals surface area contributed by atoms with E-state index in [0.717, 1.165) is 5.56 Å². The average molecular weight is 247 g/mol. The largest absolute Gasteiger partial charge is 0.444 e. The number of hydrogen-bond donors (Lipinski definition) is 1. The summed E-state index contributed by atoms with van der Waals surface area (Å²) < 4.78 is 5.12. The van der Waals surface area contributed by atoms with Gasteiger partial charge < -0.3 is 10.1 Å². The standard InChI is InChI=1S/C15H21NO2/c1-12-7-9-13(10-8-12)6-5-11-16-14(17)18-15(2,3)4/h5-10H,11H2,1-4H3,(H,16,17)/b6-5+. The molecule has 0 heterocycles. The minimum absolute atomic E-state index is 0.393. The quantitative estimate of drug-likeness (QED) is 0.887. The fourth-order valence-electron chi connectivity index (χ4n) is 1.33. The second-order valence-corrected chi connectivity index (χ2v) is 5.20. The Bertz CT molecular complexity index is 413. The van der Waals surface area contributed by atoms with Crippen LogP contribution >= 0.6 is 0 Å². The first-order valence-corrected chi connectivity index (χ1v) is 6.07. The zero-order valence-corrected chi connectivity index (χ0v) is 11.5. The van der Waals surface area contributed by atoms with Crippen LogP contribution in [0.1, 0.15) is 31.9 Å². The lowest BCUT2D eigenvalue weighted by Gasteiger charge is -2.19. The van der Waals surface area contributed by atoms with Gasteiger partial charge in [0.05, 0.1) is 0 Å². The van der Waals surface area contributed by atoms with Gasteiger partial charge in [0, 0.05) is 6.54 Å². The maximum absolute atomic E-state index is 11.3. The zero-order chi connectivity index (χ0) is 13.6. The van der Waals surface area contributed by atoms with Crippen molar-refractivity contribution in [3.05, 3.63) is 41.5 Å². The summed E-state index contributed by atoms with van der Waals surface area (Å²) in [4.78, 5) is 11.3. The summed E-state index contributed by atoms with van der Waals surface area (Å²) in [5, 5.41) is 2.67. The second kappa shape index (κ2) is 6.24. The first kappa shape index (κ1) is 14.3. The van der Waals surface area contributed by atoms with Gasteiger partial charge in [0.2, 0.25) is 0 Å². The summed E-state index contributed by atoms with van der Waals surface area (Å²) in [6.07, 6.45) is 3.47. The molecule has 18 heavy (non-hydrogen) atoms. The Balaban J connectivity index is 2.33. The highest BCUT2D eigenvalue weighted by molar-refractivity contribution is 5.68. The van der Waals surface area contributed by atoms with E-state index in [0.29, 0.717) is 6.54 Å². The molecule has 1 amide bonds. The molecule has 0 aliphatic carbocycles. The van der Waals surface area contributed by atoms with Crippen LogP contribution in [0.25, 0.3) is 6.08 Å². The van der Waals surface area contributed by atoms with E-state index in [4.69, 9.17) is 4.74 Å². The number of amides is 1. The van der Waals surface area contributed by atoms with Crippen molar-refractivity contribution in [2.45, 2.75) is 33.3 Å². The van der Waals surface area contributed by atoms with Gasteiger partial charge in [0.25, 0.3) is 0 Å². The molecule has 0 aliphatic rings. The van der Waals surface area contributed by atoms with Gasteiger partial charge in [-0.2, -0.15) is 0 Å². The Kier molecular flexibility index (Phi) is 4.95. The third kappa shape index (κ3) is 6.09. The van der Waals surface area contributed by atoms with E-state index in [1.165, 1.54) is 5.56 Å². The number of nitrogens with one attached hydrogen (secondary N) is 1. The van der Waals surface area contributed by atoms with Crippen LogP contribution < -0.4 is 5.32 Å². The van der Waals surface area contributed by atoms with E-state index < -0.39 is 11.7 Å². The Morgan fingerprint density at radius 3 is 2.44 bits per heavy atom. The van der Waals surface area contributed by atoms with Crippen LogP contribution in [0.15, 0.2) is 30.3 Å². The summed E-state index contributed by atoms with van der Waals surface area (Å²) in [6.45, 7) is 8.04. The van der Waals surface area contributed by atoms with Crippen molar-refractivity contribution in [3.63, 3.8) is 0 Å². The van der Waals surface area contributed by atoms with Crippen LogP contribution in [0, 0.1) is 6.92 Å². The number of carbonyl (C=O) groups is 1. The number of aryl methyl sites for hydroxylation is 1. The van der Waals surface area contributed by atoms with Crippen molar-refractivity contribution in [3.8, 4) is 0 Å². The van der Waals surface area contributed by atoms with E-state index in [1.807, 2.05) is 45.1 Å². The van der Waals surface area contributed by atoms with Crippen LogP contribution in [-0.2, 0) is 4.74 Å². The molecule has 1 rings (SSSR count). The lowest BCUT2D eigenvalue weighted by molar-refractivity contribution is 0.0534. The number of hydrogen-bond acceptors (Lipinski definition) is 2. The van der Waals surface area contributed by atoms with Crippen molar-refractivity contribution in [2.24, 2.45) is 0 Å². The fraction of sp³-hybridized carbons (Fsp3) is 0.400. The molecule has 98 valence electrons. The van der Waals surface area contributed by atoms with Crippen LogP contribution in [0.2, 0.25) is 0 Å². The first-order chi connectivity index (χ1) is 8.37. The second-order valence-electron chi connectivity index (χ2n) is 5.20. The number of carbonyl (C=O) groups excluding carboxylic acids is 1. The van der Waals surface area contributed by atoms with Gasteiger partial charge in [0.15, 0.2) is 0 Å². The van der Waals surface area contributed by atoms with Gasteiger partial charge in [-0.05, 0) is 33.3 Å². The fourth-order valence-corrected chi connectivity index (χ4v) is 1.33. The lowest BCUT2D eigenvalue weighted by Crippen LogP contribution is -2.32. The molecule has 1 aromatic rings. The Labute approximate surface area is 109 Å². The minimum Gasteiger partial charge on any atom is -0.444 e. The van der Waals surface area contributed by atoms with Crippen LogP contribution in [0.5, 0.6) is 0 Å². The van der Waals surface area contributed by atoms with Crippen molar-refractivity contribution in [1.82, 2.24) is 5.32 Å². The van der Waals surface area contributed by atoms with E-state index >= 15 is 0 Å². The van der Waals surface area contributed by atoms with Crippen LogP contribution in [0.3, 0.4) is 0 Å². The maximum atomic E-state index is 11.3. The topological polar surface area (TPSA) is 38.3 Å². The molecule has 1 N–H and O–H groups in total. The van der Waals surface area contributed by atoms with Gasteiger partial charge in [-0.25, -0.2) is 4.79 Å². The highest BCUT2D eigenvalue weighted by Gasteiger charge is 2.14. The molecule has 0 saturated heterocycles. The van der Waals surface area contributed by atoms with Crippen molar-refractivity contribution in [1.29, 1.82) is 0 Å². The minimum atomic E-state index is -0.454. The lowest BCUT2D eigenvalue weighted by atomic mass is 10.1. The van der Waals surface area contributed by atoms with E-state index in [1.54, 1.807) is 0 Å². The number of benzene rings is 1. The molecule has 0 aromatic heterocycles. The molecule has 0 unspecified atom stereocenters. The first-order valence-electron chi connectivity index (χ1n) is 6.07. The molecule has 0 atom stereocenters. The van der Waals surface area contributed by atoms with Crippen molar-refractivity contribution < 1.29 is 9.53 Å². The van der Waals surface area contributed by atoms with Crippen molar-refractivity contribution in [2.75, 3.05) is 6.54 Å².